The molecule has 0 saturated carbocycles. The number of hydrogen-bond donors (Lipinski definition) is 1. The Morgan fingerprint density at radius 1 is 1.24 bits per heavy atom. The minimum Gasteiger partial charge on any atom is -0.306 e. The van der Waals surface area contributed by atoms with Crippen LogP contribution in [-0.2, 0) is 12.7 Å². The van der Waals surface area contributed by atoms with E-state index >= 15 is 0 Å². The van der Waals surface area contributed by atoms with Gasteiger partial charge in [-0.2, -0.15) is 13.2 Å². The molecule has 2 rings (SSSR count). The van der Waals surface area contributed by atoms with Gasteiger partial charge in [-0.05, 0) is 42.3 Å². The lowest BCUT2D eigenvalue weighted by Crippen LogP contribution is -2.19. The maximum atomic E-state index is 13.3. The summed E-state index contributed by atoms with van der Waals surface area (Å²) in [6, 6.07) is 6.07. The van der Waals surface area contributed by atoms with Crippen molar-refractivity contribution in [2.75, 3.05) is 0 Å². The zero-order valence-corrected chi connectivity index (χ0v) is 11.3. The molecule has 0 aliphatic heterocycles. The van der Waals surface area contributed by atoms with Crippen molar-refractivity contribution in [1.29, 1.82) is 0 Å². The summed E-state index contributed by atoms with van der Waals surface area (Å²) in [5.41, 5.74) is 0.177. The molecule has 0 aliphatic carbocycles. The normalized spacial score (nSPS) is 13.2. The molecule has 1 unspecified atom stereocenters. The van der Waals surface area contributed by atoms with Gasteiger partial charge in [0.2, 0.25) is 0 Å². The van der Waals surface area contributed by atoms with Gasteiger partial charge in [-0.3, -0.25) is 4.98 Å². The molecule has 1 heterocycles. The molecule has 1 N–H and O–H groups in total. The van der Waals surface area contributed by atoms with Gasteiger partial charge >= 0.3 is 6.18 Å². The third-order valence-electron chi connectivity index (χ3n) is 3.08. The van der Waals surface area contributed by atoms with Gasteiger partial charge in [0.05, 0.1) is 5.56 Å². The molecule has 6 heteroatoms. The van der Waals surface area contributed by atoms with E-state index in [1.54, 1.807) is 18.5 Å². The molecule has 2 nitrogen and oxygen atoms in total. The van der Waals surface area contributed by atoms with Gasteiger partial charge in [-0.25, -0.2) is 4.39 Å². The molecule has 21 heavy (non-hydrogen) atoms. The summed E-state index contributed by atoms with van der Waals surface area (Å²) in [6.07, 6.45) is -1.24. The SMILES string of the molecule is CC(NCc1cc(F)cc(C(F)(F)F)c1)c1cccnc1. The van der Waals surface area contributed by atoms with Gasteiger partial charge in [-0.15, -0.1) is 0 Å². The minimum atomic E-state index is -4.55. The van der Waals surface area contributed by atoms with Crippen molar-refractivity contribution in [3.8, 4) is 0 Å². The maximum absolute atomic E-state index is 13.3. The molecule has 0 aliphatic rings. The quantitative estimate of drug-likeness (QED) is 0.860. The van der Waals surface area contributed by atoms with Crippen LogP contribution in [0.5, 0.6) is 0 Å². The van der Waals surface area contributed by atoms with Crippen molar-refractivity contribution in [3.05, 3.63) is 65.2 Å². The van der Waals surface area contributed by atoms with Crippen LogP contribution in [0.15, 0.2) is 42.7 Å². The average molecular weight is 298 g/mol. The Labute approximate surface area is 119 Å². The van der Waals surface area contributed by atoms with Crippen LogP contribution in [0.1, 0.15) is 29.7 Å². The fraction of sp³-hybridized carbons (Fsp3) is 0.267. The Bertz CT molecular complexity index is 596. The molecule has 0 saturated heterocycles. The number of alkyl halides is 3. The Hall–Kier alpha value is -1.95. The zero-order valence-electron chi connectivity index (χ0n) is 11.3. The number of halogens is 4. The van der Waals surface area contributed by atoms with Gasteiger partial charge in [0.1, 0.15) is 5.82 Å². The van der Waals surface area contributed by atoms with Crippen LogP contribution in [0, 0.1) is 5.82 Å². The van der Waals surface area contributed by atoms with E-state index in [1.807, 2.05) is 13.0 Å². The predicted molar refractivity (Wildman–Crippen MR) is 70.9 cm³/mol. The molecule has 0 fully saturated rings. The molecule has 0 amide bonds. The van der Waals surface area contributed by atoms with Crippen LogP contribution in [0.3, 0.4) is 0 Å². The van der Waals surface area contributed by atoms with Gasteiger partial charge in [0.15, 0.2) is 0 Å². The second-order valence-electron chi connectivity index (χ2n) is 4.73. The summed E-state index contributed by atoms with van der Waals surface area (Å²) < 4.78 is 51.1. The Morgan fingerprint density at radius 2 is 2.00 bits per heavy atom. The molecular weight excluding hydrogens is 284 g/mol. The van der Waals surface area contributed by atoms with Gasteiger partial charge in [0, 0.05) is 25.0 Å². The minimum absolute atomic E-state index is 0.101. The van der Waals surface area contributed by atoms with E-state index in [1.165, 1.54) is 0 Å². The summed E-state index contributed by atoms with van der Waals surface area (Å²) in [4.78, 5) is 3.97. The smallest absolute Gasteiger partial charge is 0.306 e. The fourth-order valence-corrected chi connectivity index (χ4v) is 1.94. The average Bonchev–Trinajstić information content (AvgIpc) is 2.44. The highest BCUT2D eigenvalue weighted by molar-refractivity contribution is 5.27. The highest BCUT2D eigenvalue weighted by atomic mass is 19.4. The van der Waals surface area contributed by atoms with E-state index in [-0.39, 0.29) is 18.2 Å². The number of nitrogens with zero attached hydrogens (tertiary/aromatic N) is 1. The van der Waals surface area contributed by atoms with Crippen LogP contribution in [0.25, 0.3) is 0 Å². The first kappa shape index (κ1) is 15.4. The summed E-state index contributed by atoms with van der Waals surface area (Å²) in [5, 5.41) is 3.05. The van der Waals surface area contributed by atoms with Crippen molar-refractivity contribution < 1.29 is 17.6 Å². The van der Waals surface area contributed by atoms with Crippen LogP contribution >= 0.6 is 0 Å². The number of rotatable bonds is 4. The van der Waals surface area contributed by atoms with E-state index in [0.717, 1.165) is 17.7 Å². The zero-order chi connectivity index (χ0) is 15.5. The number of nitrogens with one attached hydrogen (secondary N) is 1. The third kappa shape index (κ3) is 4.26. The Morgan fingerprint density at radius 3 is 2.62 bits per heavy atom. The van der Waals surface area contributed by atoms with Crippen molar-refractivity contribution in [1.82, 2.24) is 10.3 Å². The van der Waals surface area contributed by atoms with Gasteiger partial charge in [0.25, 0.3) is 0 Å². The molecule has 1 aromatic carbocycles. The molecule has 1 aromatic heterocycles. The van der Waals surface area contributed by atoms with Crippen molar-refractivity contribution >= 4 is 0 Å². The number of benzene rings is 1. The molecule has 0 bridgehead atoms. The first-order valence-corrected chi connectivity index (χ1v) is 6.36. The van der Waals surface area contributed by atoms with Gasteiger partial charge in [-0.1, -0.05) is 6.07 Å². The third-order valence-corrected chi connectivity index (χ3v) is 3.08. The summed E-state index contributed by atoms with van der Waals surface area (Å²) in [5.74, 6) is -0.893. The van der Waals surface area contributed by atoms with Crippen LogP contribution in [-0.4, -0.2) is 4.98 Å². The van der Waals surface area contributed by atoms with Crippen LogP contribution < -0.4 is 5.32 Å². The molecule has 0 spiro atoms. The number of aromatic nitrogens is 1. The lowest BCUT2D eigenvalue weighted by molar-refractivity contribution is -0.137. The van der Waals surface area contributed by atoms with E-state index < -0.39 is 17.6 Å². The van der Waals surface area contributed by atoms with Crippen molar-refractivity contribution in [3.63, 3.8) is 0 Å². The first-order chi connectivity index (χ1) is 9.86. The Kier molecular flexibility index (Phi) is 4.57. The van der Waals surface area contributed by atoms with Crippen molar-refractivity contribution in [2.24, 2.45) is 0 Å². The lowest BCUT2D eigenvalue weighted by atomic mass is 10.1. The standard InChI is InChI=1S/C15H14F4N2/c1-10(12-3-2-4-20-9-12)21-8-11-5-13(15(17,18)19)7-14(16)6-11/h2-7,9-10,21H,8H2,1H3. The fourth-order valence-electron chi connectivity index (χ4n) is 1.94. The predicted octanol–water partition coefficient (Wildman–Crippen LogP) is 4.09. The number of hydrogen-bond acceptors (Lipinski definition) is 2. The van der Waals surface area contributed by atoms with E-state index in [0.29, 0.717) is 6.07 Å². The molecule has 1 atom stereocenters. The second kappa shape index (κ2) is 6.22. The highest BCUT2D eigenvalue weighted by Crippen LogP contribution is 2.30. The number of pyridine rings is 1. The molecule has 112 valence electrons. The molecular formula is C15H14F4N2. The maximum Gasteiger partial charge on any atom is 0.416 e. The highest BCUT2D eigenvalue weighted by Gasteiger charge is 2.31. The topological polar surface area (TPSA) is 24.9 Å². The molecule has 2 aromatic rings. The molecule has 0 radical (unpaired) electrons. The lowest BCUT2D eigenvalue weighted by Gasteiger charge is -2.15. The van der Waals surface area contributed by atoms with Gasteiger partial charge < -0.3 is 5.32 Å². The van der Waals surface area contributed by atoms with Crippen LogP contribution in [0.4, 0.5) is 17.6 Å². The summed E-state index contributed by atoms with van der Waals surface area (Å²) in [6.45, 7) is 2.00. The van der Waals surface area contributed by atoms with E-state index in [9.17, 15) is 17.6 Å². The van der Waals surface area contributed by atoms with E-state index in [4.69, 9.17) is 0 Å². The summed E-state index contributed by atoms with van der Waals surface area (Å²) >= 11 is 0. The Balaban J connectivity index is 2.08. The summed E-state index contributed by atoms with van der Waals surface area (Å²) in [7, 11) is 0. The first-order valence-electron chi connectivity index (χ1n) is 6.36. The van der Waals surface area contributed by atoms with Crippen LogP contribution in [0.2, 0.25) is 0 Å². The monoisotopic (exact) mass is 298 g/mol. The van der Waals surface area contributed by atoms with E-state index in [2.05, 4.69) is 10.3 Å². The van der Waals surface area contributed by atoms with Crippen molar-refractivity contribution in [2.45, 2.75) is 25.7 Å². The largest absolute Gasteiger partial charge is 0.416 e. The second-order valence-corrected chi connectivity index (χ2v) is 4.73.